The van der Waals surface area contributed by atoms with Crippen LogP contribution in [0.1, 0.15) is 24.0 Å². The summed E-state index contributed by atoms with van der Waals surface area (Å²) in [6.45, 7) is 0.0240. The molecule has 158 valence electrons. The van der Waals surface area contributed by atoms with Crippen molar-refractivity contribution in [2.45, 2.75) is 24.6 Å². The molecule has 4 rings (SSSR count). The van der Waals surface area contributed by atoms with Gasteiger partial charge in [0.05, 0.1) is 12.6 Å². The monoisotopic (exact) mass is 417 g/mol. The lowest BCUT2D eigenvalue weighted by atomic mass is 9.83. The Bertz CT molecular complexity index is 879. The minimum absolute atomic E-state index is 0.0676. The highest BCUT2D eigenvalue weighted by molar-refractivity contribution is 6.09. The van der Waals surface area contributed by atoms with Crippen molar-refractivity contribution < 1.29 is 22.8 Å². The SMILES string of the molecule is O=C1NC(c2ccccc2)(c2ccccc2)C(=O)N1CN1CCC[C@H](C(F)(F)F)C1. The zero-order valence-corrected chi connectivity index (χ0v) is 16.2. The number of halogens is 3. The fraction of sp³-hybridized carbons (Fsp3) is 0.364. The summed E-state index contributed by atoms with van der Waals surface area (Å²) in [6.07, 6.45) is -3.85. The van der Waals surface area contributed by atoms with Gasteiger partial charge in [-0.2, -0.15) is 13.2 Å². The maximum atomic E-state index is 13.6. The Hall–Kier alpha value is -2.87. The fourth-order valence-electron chi connectivity index (χ4n) is 4.29. The number of nitrogens with zero attached hydrogens (tertiary/aromatic N) is 2. The molecule has 0 bridgehead atoms. The molecule has 2 aliphatic heterocycles. The highest BCUT2D eigenvalue weighted by Gasteiger charge is 2.54. The lowest BCUT2D eigenvalue weighted by Gasteiger charge is -2.35. The molecule has 2 heterocycles. The summed E-state index contributed by atoms with van der Waals surface area (Å²) in [4.78, 5) is 29.0. The van der Waals surface area contributed by atoms with Gasteiger partial charge in [0, 0.05) is 6.54 Å². The third kappa shape index (κ3) is 3.56. The van der Waals surface area contributed by atoms with E-state index in [9.17, 15) is 22.8 Å². The minimum atomic E-state index is -4.28. The zero-order valence-electron chi connectivity index (χ0n) is 16.2. The van der Waals surface area contributed by atoms with Crippen LogP contribution in [-0.2, 0) is 10.3 Å². The molecule has 1 N–H and O–H groups in total. The smallest absolute Gasteiger partial charge is 0.315 e. The molecule has 2 fully saturated rings. The van der Waals surface area contributed by atoms with Gasteiger partial charge in [0.1, 0.15) is 0 Å². The molecule has 0 radical (unpaired) electrons. The third-order valence-electron chi connectivity index (χ3n) is 5.83. The van der Waals surface area contributed by atoms with Crippen molar-refractivity contribution in [1.29, 1.82) is 0 Å². The lowest BCUT2D eigenvalue weighted by molar-refractivity contribution is -0.187. The topological polar surface area (TPSA) is 52.7 Å². The number of carbonyl (C=O) groups excluding carboxylic acids is 2. The molecular weight excluding hydrogens is 395 g/mol. The van der Waals surface area contributed by atoms with Crippen LogP contribution >= 0.6 is 0 Å². The summed E-state index contributed by atoms with van der Waals surface area (Å²) in [5.41, 5.74) is -0.202. The summed E-state index contributed by atoms with van der Waals surface area (Å²) in [5.74, 6) is -1.93. The average molecular weight is 417 g/mol. The van der Waals surface area contributed by atoms with Crippen LogP contribution in [0.2, 0.25) is 0 Å². The molecule has 1 atom stereocenters. The Balaban J connectivity index is 1.65. The van der Waals surface area contributed by atoms with Crippen molar-refractivity contribution in [3.63, 3.8) is 0 Å². The highest BCUT2D eigenvalue weighted by atomic mass is 19.4. The highest BCUT2D eigenvalue weighted by Crippen LogP contribution is 2.37. The summed E-state index contributed by atoms with van der Waals surface area (Å²) >= 11 is 0. The second-order valence-electron chi connectivity index (χ2n) is 7.74. The van der Waals surface area contributed by atoms with E-state index in [1.165, 1.54) is 4.90 Å². The molecule has 0 unspecified atom stereocenters. The van der Waals surface area contributed by atoms with Crippen LogP contribution in [0.3, 0.4) is 0 Å². The van der Waals surface area contributed by atoms with Gasteiger partial charge in [-0.15, -0.1) is 0 Å². The molecule has 5 nitrogen and oxygen atoms in total. The molecule has 2 aromatic carbocycles. The van der Waals surface area contributed by atoms with Crippen molar-refractivity contribution >= 4 is 11.9 Å². The molecule has 3 amide bonds. The van der Waals surface area contributed by atoms with Crippen molar-refractivity contribution in [2.75, 3.05) is 19.8 Å². The predicted molar refractivity (Wildman–Crippen MR) is 104 cm³/mol. The van der Waals surface area contributed by atoms with E-state index in [1.807, 2.05) is 12.1 Å². The Morgan fingerprint density at radius 2 is 1.53 bits per heavy atom. The van der Waals surface area contributed by atoms with Crippen molar-refractivity contribution in [3.8, 4) is 0 Å². The maximum absolute atomic E-state index is 13.6. The summed E-state index contributed by atoms with van der Waals surface area (Å²) < 4.78 is 39.5. The maximum Gasteiger partial charge on any atom is 0.393 e. The Morgan fingerprint density at radius 1 is 0.967 bits per heavy atom. The fourth-order valence-corrected chi connectivity index (χ4v) is 4.29. The number of carbonyl (C=O) groups is 2. The number of hydrogen-bond acceptors (Lipinski definition) is 3. The molecule has 8 heteroatoms. The van der Waals surface area contributed by atoms with Crippen LogP contribution < -0.4 is 5.32 Å². The zero-order chi connectivity index (χ0) is 21.4. The molecule has 2 aromatic rings. The van der Waals surface area contributed by atoms with Crippen molar-refractivity contribution in [1.82, 2.24) is 15.1 Å². The van der Waals surface area contributed by atoms with Gasteiger partial charge in [0.2, 0.25) is 0 Å². The second kappa shape index (κ2) is 7.75. The number of amides is 3. The van der Waals surface area contributed by atoms with E-state index in [2.05, 4.69) is 5.32 Å². The van der Waals surface area contributed by atoms with E-state index >= 15 is 0 Å². The van der Waals surface area contributed by atoms with E-state index in [0.717, 1.165) is 4.90 Å². The number of urea groups is 1. The number of likely N-dealkylation sites (tertiary alicyclic amines) is 1. The van der Waals surface area contributed by atoms with Gasteiger partial charge in [-0.3, -0.25) is 9.69 Å². The molecule has 2 saturated heterocycles. The van der Waals surface area contributed by atoms with Crippen LogP contribution in [-0.4, -0.2) is 47.7 Å². The second-order valence-corrected chi connectivity index (χ2v) is 7.74. The minimum Gasteiger partial charge on any atom is -0.315 e. The number of imide groups is 1. The van der Waals surface area contributed by atoms with Gasteiger partial charge in [0.15, 0.2) is 5.54 Å². The van der Waals surface area contributed by atoms with Crippen molar-refractivity contribution in [3.05, 3.63) is 71.8 Å². The molecule has 0 aliphatic carbocycles. The predicted octanol–water partition coefficient (Wildman–Crippen LogP) is 3.71. The number of rotatable bonds is 4. The Morgan fingerprint density at radius 3 is 2.07 bits per heavy atom. The van der Waals surface area contributed by atoms with E-state index < -0.39 is 29.6 Å². The first-order valence-corrected chi connectivity index (χ1v) is 9.86. The number of nitrogens with one attached hydrogen (secondary N) is 1. The molecule has 0 saturated carbocycles. The summed E-state index contributed by atoms with van der Waals surface area (Å²) in [7, 11) is 0. The largest absolute Gasteiger partial charge is 0.393 e. The van der Waals surface area contributed by atoms with Crippen LogP contribution in [0.5, 0.6) is 0 Å². The Labute approximate surface area is 172 Å². The quantitative estimate of drug-likeness (QED) is 0.772. The molecular formula is C22H22F3N3O2. The van der Waals surface area contributed by atoms with Crippen molar-refractivity contribution in [2.24, 2.45) is 5.92 Å². The van der Waals surface area contributed by atoms with E-state index in [-0.39, 0.29) is 19.6 Å². The first kappa shape index (κ1) is 20.4. The summed E-state index contributed by atoms with van der Waals surface area (Å²) in [5, 5.41) is 2.82. The average Bonchev–Trinajstić information content (AvgIpc) is 3.00. The van der Waals surface area contributed by atoms with Gasteiger partial charge in [-0.25, -0.2) is 9.69 Å². The van der Waals surface area contributed by atoms with Gasteiger partial charge >= 0.3 is 12.2 Å². The van der Waals surface area contributed by atoms with E-state index in [1.54, 1.807) is 48.5 Å². The van der Waals surface area contributed by atoms with Crippen LogP contribution in [0.25, 0.3) is 0 Å². The number of hydrogen-bond donors (Lipinski definition) is 1. The van der Waals surface area contributed by atoms with Gasteiger partial charge in [0.25, 0.3) is 5.91 Å². The van der Waals surface area contributed by atoms with E-state index in [4.69, 9.17) is 0 Å². The number of piperidine rings is 1. The van der Waals surface area contributed by atoms with Gasteiger partial charge in [-0.1, -0.05) is 60.7 Å². The van der Waals surface area contributed by atoms with Crippen LogP contribution in [0, 0.1) is 5.92 Å². The standard InChI is InChI=1S/C22H22F3N3O2/c23-22(24,25)18-12-7-13-27(14-18)15-28-19(29)21(26-20(28)30,16-8-3-1-4-9-16)17-10-5-2-6-11-17/h1-6,8-11,18H,7,12-15H2,(H,26,30)/t18-/m0/s1. The van der Waals surface area contributed by atoms with E-state index in [0.29, 0.717) is 24.1 Å². The third-order valence-corrected chi connectivity index (χ3v) is 5.83. The first-order valence-electron chi connectivity index (χ1n) is 9.86. The first-order chi connectivity index (χ1) is 14.3. The molecule has 0 aromatic heterocycles. The molecule has 0 spiro atoms. The normalized spacial score (nSPS) is 22.2. The Kier molecular flexibility index (Phi) is 5.27. The number of alkyl halides is 3. The number of benzene rings is 2. The molecule has 2 aliphatic rings. The lowest BCUT2D eigenvalue weighted by Crippen LogP contribution is -2.49. The van der Waals surface area contributed by atoms with Gasteiger partial charge < -0.3 is 5.32 Å². The van der Waals surface area contributed by atoms with Crippen LogP contribution in [0.15, 0.2) is 60.7 Å². The molecule has 30 heavy (non-hydrogen) atoms. The van der Waals surface area contributed by atoms with Gasteiger partial charge in [-0.05, 0) is 30.5 Å². The van der Waals surface area contributed by atoms with Crippen LogP contribution in [0.4, 0.5) is 18.0 Å². The summed E-state index contributed by atoms with van der Waals surface area (Å²) in [6, 6.07) is 17.2.